The van der Waals surface area contributed by atoms with E-state index < -0.39 is 0 Å². The molecule has 5 heteroatoms. The highest BCUT2D eigenvalue weighted by molar-refractivity contribution is 7.17. The number of halogens is 1. The van der Waals surface area contributed by atoms with Crippen LogP contribution in [0.15, 0.2) is 23.6 Å². The van der Waals surface area contributed by atoms with Gasteiger partial charge in [0, 0.05) is 24.0 Å². The first-order valence-electron chi connectivity index (χ1n) is 9.19. The summed E-state index contributed by atoms with van der Waals surface area (Å²) in [6.45, 7) is 11.0. The van der Waals surface area contributed by atoms with Crippen molar-refractivity contribution in [2.75, 3.05) is 18.0 Å². The lowest BCUT2D eigenvalue weighted by Gasteiger charge is -2.36. The molecule has 0 aliphatic carbocycles. The Morgan fingerprint density at radius 3 is 2.50 bits per heavy atom. The Bertz CT molecular complexity index is 955. The van der Waals surface area contributed by atoms with E-state index in [4.69, 9.17) is 11.6 Å². The molecule has 136 valence electrons. The minimum Gasteiger partial charge on any atom is -0.355 e. The summed E-state index contributed by atoms with van der Waals surface area (Å²) in [5.74, 6) is 2.31. The van der Waals surface area contributed by atoms with Crippen molar-refractivity contribution in [2.24, 2.45) is 11.8 Å². The standard InChI is InChI=1S/C21H24ClN3S/c1-12-7-13(2)10-25(9-12)19-18-17(11-26-20(18)24-21(22)23-19)16-6-5-14(3)15(4)8-16/h5-6,8,11-13H,7,9-10H2,1-4H3. The normalized spacial score (nSPS) is 20.7. The van der Waals surface area contributed by atoms with E-state index in [2.05, 4.69) is 66.1 Å². The molecule has 4 rings (SSSR count). The van der Waals surface area contributed by atoms with E-state index >= 15 is 0 Å². The molecule has 1 fully saturated rings. The summed E-state index contributed by atoms with van der Waals surface area (Å²) in [4.78, 5) is 12.6. The Hall–Kier alpha value is -1.65. The van der Waals surface area contributed by atoms with Crippen molar-refractivity contribution in [3.05, 3.63) is 40.0 Å². The molecule has 0 N–H and O–H groups in total. The van der Waals surface area contributed by atoms with Gasteiger partial charge in [0.1, 0.15) is 10.6 Å². The minimum atomic E-state index is 0.340. The van der Waals surface area contributed by atoms with E-state index in [0.717, 1.165) is 29.1 Å². The molecule has 0 radical (unpaired) electrons. The lowest BCUT2D eigenvalue weighted by atomic mass is 9.91. The third-order valence-corrected chi connectivity index (χ3v) is 6.41. The number of thiophene rings is 1. The summed E-state index contributed by atoms with van der Waals surface area (Å²) in [5, 5.41) is 3.68. The van der Waals surface area contributed by atoms with Gasteiger partial charge in [-0.1, -0.05) is 32.0 Å². The molecule has 1 aliphatic heterocycles. The molecule has 0 bridgehead atoms. The van der Waals surface area contributed by atoms with Crippen LogP contribution in [0.4, 0.5) is 5.82 Å². The molecule has 0 spiro atoms. The van der Waals surface area contributed by atoms with Crippen LogP contribution in [0.1, 0.15) is 31.4 Å². The van der Waals surface area contributed by atoms with Gasteiger partial charge in [0.2, 0.25) is 5.28 Å². The van der Waals surface area contributed by atoms with Crippen LogP contribution >= 0.6 is 22.9 Å². The van der Waals surface area contributed by atoms with Gasteiger partial charge in [-0.2, -0.15) is 4.98 Å². The molecule has 3 nitrogen and oxygen atoms in total. The number of hydrogen-bond donors (Lipinski definition) is 0. The van der Waals surface area contributed by atoms with Crippen LogP contribution in [0.3, 0.4) is 0 Å². The van der Waals surface area contributed by atoms with Gasteiger partial charge in [0.15, 0.2) is 0 Å². The largest absolute Gasteiger partial charge is 0.355 e. The summed E-state index contributed by atoms with van der Waals surface area (Å²) >= 11 is 7.93. The summed E-state index contributed by atoms with van der Waals surface area (Å²) in [7, 11) is 0. The summed E-state index contributed by atoms with van der Waals surface area (Å²) in [5.41, 5.74) is 5.06. The summed E-state index contributed by atoms with van der Waals surface area (Å²) in [6, 6.07) is 6.65. The molecule has 3 aromatic rings. The van der Waals surface area contributed by atoms with E-state index in [1.165, 1.54) is 28.7 Å². The Balaban J connectivity index is 1.89. The van der Waals surface area contributed by atoms with Crippen LogP contribution in [0.2, 0.25) is 5.28 Å². The number of rotatable bonds is 2. The van der Waals surface area contributed by atoms with Crippen LogP contribution in [-0.2, 0) is 0 Å². The minimum absolute atomic E-state index is 0.340. The molecule has 1 aliphatic rings. The third-order valence-electron chi connectivity index (χ3n) is 5.37. The molecule has 1 aromatic carbocycles. The first-order chi connectivity index (χ1) is 12.4. The van der Waals surface area contributed by atoms with Crippen LogP contribution in [-0.4, -0.2) is 23.1 Å². The molecule has 0 amide bonds. The highest BCUT2D eigenvalue weighted by Crippen LogP contribution is 2.40. The Morgan fingerprint density at radius 2 is 1.81 bits per heavy atom. The lowest BCUT2D eigenvalue weighted by molar-refractivity contribution is 0.356. The van der Waals surface area contributed by atoms with Crippen LogP contribution in [0, 0.1) is 25.7 Å². The van der Waals surface area contributed by atoms with Crippen molar-refractivity contribution < 1.29 is 0 Å². The number of nitrogens with zero attached hydrogens (tertiary/aromatic N) is 3. The van der Waals surface area contributed by atoms with Gasteiger partial charge < -0.3 is 4.90 Å². The SMILES string of the molecule is Cc1ccc(-c2csc3nc(Cl)nc(N4CC(C)CC(C)C4)c23)cc1C. The molecule has 2 unspecified atom stereocenters. The highest BCUT2D eigenvalue weighted by atomic mass is 35.5. The number of hydrogen-bond acceptors (Lipinski definition) is 4. The van der Waals surface area contributed by atoms with Crippen molar-refractivity contribution in [3.8, 4) is 11.1 Å². The van der Waals surface area contributed by atoms with E-state index in [9.17, 15) is 0 Å². The topological polar surface area (TPSA) is 29.0 Å². The second-order valence-electron chi connectivity index (χ2n) is 7.80. The first-order valence-corrected chi connectivity index (χ1v) is 10.5. The Labute approximate surface area is 164 Å². The summed E-state index contributed by atoms with van der Waals surface area (Å²) in [6.07, 6.45) is 1.27. The van der Waals surface area contributed by atoms with Gasteiger partial charge in [-0.25, -0.2) is 4.98 Å². The number of aromatic nitrogens is 2. The number of benzene rings is 1. The van der Waals surface area contributed by atoms with Crippen LogP contribution in [0.5, 0.6) is 0 Å². The number of aryl methyl sites for hydroxylation is 2. The highest BCUT2D eigenvalue weighted by Gasteiger charge is 2.26. The van der Waals surface area contributed by atoms with Crippen molar-refractivity contribution in [3.63, 3.8) is 0 Å². The average molecular weight is 386 g/mol. The van der Waals surface area contributed by atoms with Crippen molar-refractivity contribution in [1.29, 1.82) is 0 Å². The quantitative estimate of drug-likeness (QED) is 0.498. The van der Waals surface area contributed by atoms with Crippen molar-refractivity contribution in [1.82, 2.24) is 9.97 Å². The smallest absolute Gasteiger partial charge is 0.225 e. The molecule has 0 saturated carbocycles. The van der Waals surface area contributed by atoms with Gasteiger partial charge >= 0.3 is 0 Å². The lowest BCUT2D eigenvalue weighted by Crippen LogP contribution is -2.39. The van der Waals surface area contributed by atoms with E-state index in [1.54, 1.807) is 11.3 Å². The number of fused-ring (bicyclic) bond motifs is 1. The van der Waals surface area contributed by atoms with Gasteiger partial charge in [0.05, 0.1) is 5.39 Å². The zero-order chi connectivity index (χ0) is 18.4. The fraction of sp³-hybridized carbons (Fsp3) is 0.429. The summed E-state index contributed by atoms with van der Waals surface area (Å²) < 4.78 is 0. The fourth-order valence-corrected chi connectivity index (χ4v) is 5.24. The number of piperidine rings is 1. The molecule has 2 aromatic heterocycles. The molecule has 26 heavy (non-hydrogen) atoms. The van der Waals surface area contributed by atoms with Crippen molar-refractivity contribution >= 4 is 39.0 Å². The monoisotopic (exact) mass is 385 g/mol. The zero-order valence-corrected chi connectivity index (χ0v) is 17.3. The fourth-order valence-electron chi connectivity index (χ4n) is 4.08. The maximum Gasteiger partial charge on any atom is 0.225 e. The molecular weight excluding hydrogens is 362 g/mol. The molecule has 3 heterocycles. The van der Waals surface area contributed by atoms with Crippen molar-refractivity contribution in [2.45, 2.75) is 34.1 Å². The van der Waals surface area contributed by atoms with E-state index in [1.807, 2.05) is 0 Å². The molecule has 2 atom stereocenters. The number of anilines is 1. The van der Waals surface area contributed by atoms with E-state index in [0.29, 0.717) is 17.1 Å². The van der Waals surface area contributed by atoms with E-state index in [-0.39, 0.29) is 0 Å². The first kappa shape index (κ1) is 17.7. The van der Waals surface area contributed by atoms with Crippen LogP contribution < -0.4 is 4.90 Å². The maximum absolute atomic E-state index is 6.27. The zero-order valence-electron chi connectivity index (χ0n) is 15.7. The second kappa shape index (κ2) is 6.82. The Morgan fingerprint density at radius 1 is 1.08 bits per heavy atom. The predicted molar refractivity (Wildman–Crippen MR) is 112 cm³/mol. The third kappa shape index (κ3) is 3.21. The van der Waals surface area contributed by atoms with Gasteiger partial charge in [-0.15, -0.1) is 11.3 Å². The average Bonchev–Trinajstić information content (AvgIpc) is 2.99. The maximum atomic E-state index is 6.27. The van der Waals surface area contributed by atoms with Gasteiger partial charge in [0.25, 0.3) is 0 Å². The molecule has 1 saturated heterocycles. The Kier molecular flexibility index (Phi) is 4.66. The van der Waals surface area contributed by atoms with Gasteiger partial charge in [-0.05, 0) is 60.4 Å². The predicted octanol–water partition coefficient (Wildman–Crippen LogP) is 6.11. The van der Waals surface area contributed by atoms with Crippen LogP contribution in [0.25, 0.3) is 21.3 Å². The second-order valence-corrected chi connectivity index (χ2v) is 8.99. The van der Waals surface area contributed by atoms with Gasteiger partial charge in [-0.3, -0.25) is 0 Å². The molecular formula is C21H24ClN3S.